The molecule has 1 heterocycles. The maximum absolute atomic E-state index is 13.1. The van der Waals surface area contributed by atoms with Crippen molar-refractivity contribution < 1.29 is 4.39 Å². The number of rotatable bonds is 7. The van der Waals surface area contributed by atoms with Gasteiger partial charge in [-0.15, -0.1) is 24.0 Å². The minimum absolute atomic E-state index is 0. The molecule has 0 aliphatic rings. The van der Waals surface area contributed by atoms with Crippen LogP contribution in [0.1, 0.15) is 17.5 Å². The van der Waals surface area contributed by atoms with Crippen LogP contribution in [0.25, 0.3) is 0 Å². The Hall–Kier alpha value is -1.64. The molecule has 0 atom stereocenters. The van der Waals surface area contributed by atoms with Crippen molar-refractivity contribution in [2.24, 2.45) is 4.99 Å². The van der Waals surface area contributed by atoms with Gasteiger partial charge in [-0.2, -0.15) is 5.10 Å². The van der Waals surface area contributed by atoms with Crippen molar-refractivity contribution in [2.75, 3.05) is 20.1 Å². The summed E-state index contributed by atoms with van der Waals surface area (Å²) in [6, 6.07) is 6.67. The maximum Gasteiger partial charge on any atom is 0.190 e. The second-order valence-corrected chi connectivity index (χ2v) is 5.44. The van der Waals surface area contributed by atoms with Gasteiger partial charge in [0.15, 0.2) is 5.96 Å². The van der Waals surface area contributed by atoms with E-state index in [1.807, 2.05) is 30.1 Å². The third kappa shape index (κ3) is 7.29. The number of nitrogens with zero attached hydrogens (tertiary/aromatic N) is 3. The molecule has 24 heavy (non-hydrogen) atoms. The lowest BCUT2D eigenvalue weighted by Gasteiger charge is -2.12. The Labute approximate surface area is 159 Å². The van der Waals surface area contributed by atoms with Crippen LogP contribution < -0.4 is 10.6 Å². The number of hydrogen-bond donors (Lipinski definition) is 2. The summed E-state index contributed by atoms with van der Waals surface area (Å²) in [6.45, 7) is 4.44. The summed E-state index contributed by atoms with van der Waals surface area (Å²) in [6.07, 6.45) is 5.61. The summed E-state index contributed by atoms with van der Waals surface area (Å²) < 4.78 is 15.0. The second-order valence-electron chi connectivity index (χ2n) is 5.44. The molecule has 2 N–H and O–H groups in total. The van der Waals surface area contributed by atoms with Crippen molar-refractivity contribution in [3.05, 3.63) is 53.6 Å². The largest absolute Gasteiger partial charge is 0.356 e. The predicted molar refractivity (Wildman–Crippen MR) is 106 cm³/mol. The van der Waals surface area contributed by atoms with Gasteiger partial charge in [-0.25, -0.2) is 4.39 Å². The first-order valence-electron chi connectivity index (χ1n) is 7.85. The number of hydrogen-bond acceptors (Lipinski definition) is 2. The second kappa shape index (κ2) is 11.0. The molecule has 5 nitrogen and oxygen atoms in total. The quantitative estimate of drug-likeness (QED) is 0.298. The Kier molecular flexibility index (Phi) is 9.36. The molecule has 0 aliphatic heterocycles. The predicted octanol–water partition coefficient (Wildman–Crippen LogP) is 2.75. The number of halogens is 2. The van der Waals surface area contributed by atoms with E-state index >= 15 is 0 Å². The van der Waals surface area contributed by atoms with Crippen LogP contribution in [0.5, 0.6) is 0 Å². The van der Waals surface area contributed by atoms with Gasteiger partial charge in [-0.1, -0.05) is 12.1 Å². The molecule has 1 aromatic carbocycles. The summed E-state index contributed by atoms with van der Waals surface area (Å²) in [5.41, 5.74) is 2.15. The third-order valence-corrected chi connectivity index (χ3v) is 3.44. The molecule has 0 aliphatic carbocycles. The van der Waals surface area contributed by atoms with Crippen molar-refractivity contribution in [3.8, 4) is 0 Å². The van der Waals surface area contributed by atoms with E-state index in [1.54, 1.807) is 19.2 Å². The molecule has 1 aromatic heterocycles. The standard InChI is InChI=1S/C17H24FN5.HI/c1-14-12-22-23(13-14)10-4-8-20-17(19-2)21-9-7-15-5-3-6-16(18)11-15;/h3,5-6,11-13H,4,7-10H2,1-2H3,(H2,19,20,21);1H. The molecule has 0 unspecified atom stereocenters. The molecule has 0 bridgehead atoms. The molecular weight excluding hydrogens is 420 g/mol. The molecule has 7 heteroatoms. The van der Waals surface area contributed by atoms with Gasteiger partial charge < -0.3 is 10.6 Å². The molecule has 0 radical (unpaired) electrons. The van der Waals surface area contributed by atoms with E-state index in [-0.39, 0.29) is 29.8 Å². The van der Waals surface area contributed by atoms with Crippen LogP contribution in [-0.2, 0) is 13.0 Å². The van der Waals surface area contributed by atoms with Crippen molar-refractivity contribution in [1.82, 2.24) is 20.4 Å². The molecule has 0 amide bonds. The Morgan fingerprint density at radius 1 is 1.29 bits per heavy atom. The van der Waals surface area contributed by atoms with Crippen LogP contribution in [0, 0.1) is 12.7 Å². The lowest BCUT2D eigenvalue weighted by molar-refractivity contribution is 0.570. The average molecular weight is 445 g/mol. The molecule has 2 rings (SSSR count). The Bertz CT molecular complexity index is 641. The van der Waals surface area contributed by atoms with Crippen molar-refractivity contribution in [1.29, 1.82) is 0 Å². The average Bonchev–Trinajstić information content (AvgIpc) is 2.95. The number of aryl methyl sites for hydroxylation is 2. The van der Waals surface area contributed by atoms with Gasteiger partial charge in [0.2, 0.25) is 0 Å². The van der Waals surface area contributed by atoms with Gasteiger partial charge in [0.25, 0.3) is 0 Å². The summed E-state index contributed by atoms with van der Waals surface area (Å²) in [7, 11) is 1.74. The fraction of sp³-hybridized carbons (Fsp3) is 0.412. The smallest absolute Gasteiger partial charge is 0.190 e. The van der Waals surface area contributed by atoms with Crippen LogP contribution in [0.15, 0.2) is 41.7 Å². The summed E-state index contributed by atoms with van der Waals surface area (Å²) in [5, 5.41) is 10.8. The SMILES string of the molecule is CN=C(NCCCn1cc(C)cn1)NCCc1cccc(F)c1.I. The number of benzene rings is 1. The number of guanidine groups is 1. The fourth-order valence-electron chi connectivity index (χ4n) is 2.28. The highest BCUT2D eigenvalue weighted by molar-refractivity contribution is 14.0. The van der Waals surface area contributed by atoms with Crippen LogP contribution in [0.2, 0.25) is 0 Å². The van der Waals surface area contributed by atoms with Gasteiger partial charge in [-0.05, 0) is 43.0 Å². The van der Waals surface area contributed by atoms with E-state index < -0.39 is 0 Å². The van der Waals surface area contributed by atoms with E-state index in [4.69, 9.17) is 0 Å². The van der Waals surface area contributed by atoms with E-state index in [1.165, 1.54) is 11.6 Å². The van der Waals surface area contributed by atoms with E-state index in [9.17, 15) is 4.39 Å². The normalized spacial score (nSPS) is 11.0. The Balaban J connectivity index is 0.00000288. The van der Waals surface area contributed by atoms with Crippen LogP contribution in [0.4, 0.5) is 4.39 Å². The molecule has 2 aromatic rings. The van der Waals surface area contributed by atoms with Crippen molar-refractivity contribution >= 4 is 29.9 Å². The number of aliphatic imine (C=N–C) groups is 1. The maximum atomic E-state index is 13.1. The minimum Gasteiger partial charge on any atom is -0.356 e. The van der Waals surface area contributed by atoms with Crippen LogP contribution in [0.3, 0.4) is 0 Å². The highest BCUT2D eigenvalue weighted by Crippen LogP contribution is 2.03. The van der Waals surface area contributed by atoms with Crippen molar-refractivity contribution in [2.45, 2.75) is 26.3 Å². The first-order chi connectivity index (χ1) is 11.2. The topological polar surface area (TPSA) is 54.2 Å². The van der Waals surface area contributed by atoms with Gasteiger partial charge >= 0.3 is 0 Å². The van der Waals surface area contributed by atoms with Crippen LogP contribution >= 0.6 is 24.0 Å². The minimum atomic E-state index is -0.195. The molecule has 0 spiro atoms. The first-order valence-corrected chi connectivity index (χ1v) is 7.85. The molecular formula is C17H25FIN5. The summed E-state index contributed by atoms with van der Waals surface area (Å²) >= 11 is 0. The lowest BCUT2D eigenvalue weighted by atomic mass is 10.1. The first kappa shape index (κ1) is 20.4. The Morgan fingerprint density at radius 3 is 2.75 bits per heavy atom. The molecule has 0 saturated heterocycles. The fourth-order valence-corrected chi connectivity index (χ4v) is 2.28. The van der Waals surface area contributed by atoms with E-state index in [0.29, 0.717) is 6.54 Å². The van der Waals surface area contributed by atoms with Gasteiger partial charge in [0.1, 0.15) is 5.82 Å². The van der Waals surface area contributed by atoms with E-state index in [0.717, 1.165) is 37.5 Å². The highest BCUT2D eigenvalue weighted by Gasteiger charge is 1.99. The Morgan fingerprint density at radius 2 is 2.08 bits per heavy atom. The lowest BCUT2D eigenvalue weighted by Crippen LogP contribution is -2.39. The zero-order valence-corrected chi connectivity index (χ0v) is 16.5. The molecule has 0 saturated carbocycles. The number of aromatic nitrogens is 2. The van der Waals surface area contributed by atoms with Gasteiger partial charge in [0.05, 0.1) is 6.20 Å². The zero-order valence-electron chi connectivity index (χ0n) is 14.1. The van der Waals surface area contributed by atoms with E-state index in [2.05, 4.69) is 20.7 Å². The number of nitrogens with one attached hydrogen (secondary N) is 2. The van der Waals surface area contributed by atoms with Gasteiger partial charge in [0, 0.05) is 32.9 Å². The van der Waals surface area contributed by atoms with Crippen LogP contribution in [-0.4, -0.2) is 35.9 Å². The molecule has 132 valence electrons. The van der Waals surface area contributed by atoms with Gasteiger partial charge in [-0.3, -0.25) is 9.67 Å². The third-order valence-electron chi connectivity index (χ3n) is 3.44. The highest BCUT2D eigenvalue weighted by atomic mass is 127. The van der Waals surface area contributed by atoms with Crippen molar-refractivity contribution in [3.63, 3.8) is 0 Å². The summed E-state index contributed by atoms with van der Waals surface area (Å²) in [5.74, 6) is 0.567. The zero-order chi connectivity index (χ0) is 16.5. The summed E-state index contributed by atoms with van der Waals surface area (Å²) in [4.78, 5) is 4.18. The molecule has 0 fully saturated rings. The monoisotopic (exact) mass is 445 g/mol.